The number of carboxylic acids is 1. The van der Waals surface area contributed by atoms with Gasteiger partial charge in [-0.3, -0.25) is 9.59 Å². The Morgan fingerprint density at radius 2 is 1.71 bits per heavy atom. The molecule has 6 heteroatoms. The molecule has 1 unspecified atom stereocenters. The van der Waals surface area contributed by atoms with Gasteiger partial charge in [0.25, 0.3) is 0 Å². The van der Waals surface area contributed by atoms with Crippen LogP contribution in [0.15, 0.2) is 24.3 Å². The maximum atomic E-state index is 11.5. The lowest BCUT2D eigenvalue weighted by Gasteiger charge is -2.31. The van der Waals surface area contributed by atoms with E-state index in [2.05, 4.69) is 10.1 Å². The van der Waals surface area contributed by atoms with Crippen LogP contribution in [0.5, 0.6) is 0 Å². The summed E-state index contributed by atoms with van der Waals surface area (Å²) < 4.78 is 4.36. The van der Waals surface area contributed by atoms with Gasteiger partial charge in [0.15, 0.2) is 0 Å². The minimum absolute atomic E-state index is 0.248. The Morgan fingerprint density at radius 1 is 1.12 bits per heavy atom. The van der Waals surface area contributed by atoms with Crippen molar-refractivity contribution in [2.24, 2.45) is 11.8 Å². The zero-order chi connectivity index (χ0) is 17.7. The summed E-state index contributed by atoms with van der Waals surface area (Å²) in [5, 5.41) is 11.6. The second kappa shape index (κ2) is 7.95. The summed E-state index contributed by atoms with van der Waals surface area (Å²) in [4.78, 5) is 33.6. The SMILES string of the molecule is COC(=O)C(=O)Nc1ccc(C2CCC(C(C)C(=O)O)CC2)cc1. The van der Waals surface area contributed by atoms with Crippen LogP contribution in [-0.2, 0) is 19.1 Å². The lowest BCUT2D eigenvalue weighted by atomic mass is 9.74. The number of benzene rings is 1. The number of rotatable bonds is 4. The number of carbonyl (C=O) groups excluding carboxylic acids is 2. The number of anilines is 1. The van der Waals surface area contributed by atoms with Crippen molar-refractivity contribution < 1.29 is 24.2 Å². The Morgan fingerprint density at radius 3 is 2.21 bits per heavy atom. The molecule has 2 N–H and O–H groups in total. The molecule has 0 heterocycles. The highest BCUT2D eigenvalue weighted by Gasteiger charge is 2.29. The van der Waals surface area contributed by atoms with E-state index >= 15 is 0 Å². The summed E-state index contributed by atoms with van der Waals surface area (Å²) >= 11 is 0. The molecule has 1 aliphatic carbocycles. The van der Waals surface area contributed by atoms with Gasteiger partial charge in [-0.15, -0.1) is 0 Å². The van der Waals surface area contributed by atoms with E-state index in [0.717, 1.165) is 32.8 Å². The highest BCUT2D eigenvalue weighted by molar-refractivity contribution is 6.37. The molecule has 1 aliphatic rings. The van der Waals surface area contributed by atoms with Crippen LogP contribution in [0.1, 0.15) is 44.1 Å². The number of carbonyl (C=O) groups is 3. The van der Waals surface area contributed by atoms with Crippen LogP contribution < -0.4 is 5.32 Å². The van der Waals surface area contributed by atoms with Crippen molar-refractivity contribution in [3.05, 3.63) is 29.8 Å². The van der Waals surface area contributed by atoms with Gasteiger partial charge in [0.2, 0.25) is 0 Å². The van der Waals surface area contributed by atoms with Crippen molar-refractivity contribution in [3.8, 4) is 0 Å². The van der Waals surface area contributed by atoms with Gasteiger partial charge in [-0.05, 0) is 55.2 Å². The standard InChI is InChI=1S/C18H23NO5/c1-11(17(21)22)12-3-5-13(6-4-12)14-7-9-15(10-8-14)19-16(20)18(23)24-2/h7-13H,3-6H2,1-2H3,(H,19,20)(H,21,22). The lowest BCUT2D eigenvalue weighted by molar-refractivity contribution is -0.150. The summed E-state index contributed by atoms with van der Waals surface area (Å²) in [6, 6.07) is 7.42. The molecule has 0 spiro atoms. The third kappa shape index (κ3) is 4.34. The average molecular weight is 333 g/mol. The zero-order valence-corrected chi connectivity index (χ0v) is 14.0. The number of aliphatic carboxylic acids is 1. The van der Waals surface area contributed by atoms with Crippen molar-refractivity contribution in [2.45, 2.75) is 38.5 Å². The molecule has 0 aromatic heterocycles. The van der Waals surface area contributed by atoms with Crippen LogP contribution >= 0.6 is 0 Å². The summed E-state index contributed by atoms with van der Waals surface area (Å²) in [6.07, 6.45) is 3.77. The largest absolute Gasteiger partial charge is 0.481 e. The van der Waals surface area contributed by atoms with E-state index in [1.807, 2.05) is 12.1 Å². The first-order chi connectivity index (χ1) is 11.4. The van der Waals surface area contributed by atoms with Crippen LogP contribution in [0.25, 0.3) is 0 Å². The number of carboxylic acid groups (broad SMARTS) is 1. The lowest BCUT2D eigenvalue weighted by Crippen LogP contribution is -2.25. The number of ether oxygens (including phenoxy) is 1. The normalized spacial score (nSPS) is 21.6. The molecule has 1 saturated carbocycles. The molecule has 1 amide bonds. The van der Waals surface area contributed by atoms with Crippen molar-refractivity contribution in [1.82, 2.24) is 0 Å². The predicted octanol–water partition coefficient (Wildman–Crippen LogP) is 2.79. The maximum Gasteiger partial charge on any atom is 0.396 e. The van der Waals surface area contributed by atoms with Crippen LogP contribution in [0.3, 0.4) is 0 Å². The molecule has 0 saturated heterocycles. The fourth-order valence-electron chi connectivity index (χ4n) is 3.27. The summed E-state index contributed by atoms with van der Waals surface area (Å²) in [5.74, 6) is -2.07. The molecule has 1 aromatic rings. The van der Waals surface area contributed by atoms with Crippen molar-refractivity contribution >= 4 is 23.5 Å². The van der Waals surface area contributed by atoms with E-state index in [1.165, 1.54) is 5.56 Å². The number of amides is 1. The highest BCUT2D eigenvalue weighted by atomic mass is 16.5. The van der Waals surface area contributed by atoms with Gasteiger partial charge in [-0.25, -0.2) is 4.79 Å². The van der Waals surface area contributed by atoms with Crippen LogP contribution in [0.4, 0.5) is 5.69 Å². The third-order valence-corrected chi connectivity index (χ3v) is 4.88. The summed E-state index contributed by atoms with van der Waals surface area (Å²) in [5.41, 5.74) is 1.72. The molecule has 0 bridgehead atoms. The predicted molar refractivity (Wildman–Crippen MR) is 88.6 cm³/mol. The molecule has 130 valence electrons. The van der Waals surface area contributed by atoms with E-state index < -0.39 is 17.8 Å². The van der Waals surface area contributed by atoms with Gasteiger partial charge in [0.1, 0.15) is 0 Å². The molecule has 0 aliphatic heterocycles. The molecule has 24 heavy (non-hydrogen) atoms. The van der Waals surface area contributed by atoms with Gasteiger partial charge < -0.3 is 15.2 Å². The van der Waals surface area contributed by atoms with Gasteiger partial charge in [-0.1, -0.05) is 19.1 Å². The maximum absolute atomic E-state index is 11.5. The van der Waals surface area contributed by atoms with Crippen molar-refractivity contribution in [2.75, 3.05) is 12.4 Å². The van der Waals surface area contributed by atoms with Gasteiger partial charge in [-0.2, -0.15) is 0 Å². The first kappa shape index (κ1) is 18.0. The minimum Gasteiger partial charge on any atom is -0.481 e. The first-order valence-electron chi connectivity index (χ1n) is 8.14. The molecule has 6 nitrogen and oxygen atoms in total. The molecular weight excluding hydrogens is 310 g/mol. The van der Waals surface area contributed by atoms with Gasteiger partial charge >= 0.3 is 17.8 Å². The third-order valence-electron chi connectivity index (χ3n) is 4.88. The molecule has 1 fully saturated rings. The quantitative estimate of drug-likeness (QED) is 0.653. The topological polar surface area (TPSA) is 92.7 Å². The minimum atomic E-state index is -0.926. The van der Waals surface area contributed by atoms with Crippen LogP contribution in [-0.4, -0.2) is 30.1 Å². The van der Waals surface area contributed by atoms with E-state index in [1.54, 1.807) is 19.1 Å². The summed E-state index contributed by atoms with van der Waals surface area (Å²) in [6.45, 7) is 1.78. The highest BCUT2D eigenvalue weighted by Crippen LogP contribution is 2.39. The Bertz CT molecular complexity index is 602. The van der Waals surface area contributed by atoms with Crippen LogP contribution in [0, 0.1) is 11.8 Å². The number of methoxy groups -OCH3 is 1. The second-order valence-electron chi connectivity index (χ2n) is 6.31. The molecule has 2 rings (SSSR count). The van der Waals surface area contributed by atoms with E-state index in [4.69, 9.17) is 5.11 Å². The average Bonchev–Trinajstić information content (AvgIpc) is 2.61. The van der Waals surface area contributed by atoms with E-state index in [-0.39, 0.29) is 11.8 Å². The molecule has 0 radical (unpaired) electrons. The zero-order valence-electron chi connectivity index (χ0n) is 14.0. The number of nitrogens with one attached hydrogen (secondary N) is 1. The Labute approximate surface area is 141 Å². The smallest absolute Gasteiger partial charge is 0.396 e. The Hall–Kier alpha value is -2.37. The number of hydrogen-bond donors (Lipinski definition) is 2. The van der Waals surface area contributed by atoms with Crippen LogP contribution in [0.2, 0.25) is 0 Å². The second-order valence-corrected chi connectivity index (χ2v) is 6.31. The van der Waals surface area contributed by atoms with Gasteiger partial charge in [0, 0.05) is 5.69 Å². The van der Waals surface area contributed by atoms with Crippen molar-refractivity contribution in [3.63, 3.8) is 0 Å². The fourth-order valence-corrected chi connectivity index (χ4v) is 3.27. The Kier molecular flexibility index (Phi) is 5.95. The fraction of sp³-hybridized carbons (Fsp3) is 0.500. The molecule has 1 atom stereocenters. The monoisotopic (exact) mass is 333 g/mol. The van der Waals surface area contributed by atoms with E-state index in [0.29, 0.717) is 11.6 Å². The Balaban J connectivity index is 1.91. The van der Waals surface area contributed by atoms with Crippen molar-refractivity contribution in [1.29, 1.82) is 0 Å². The van der Waals surface area contributed by atoms with E-state index in [9.17, 15) is 14.4 Å². The summed E-state index contributed by atoms with van der Waals surface area (Å²) in [7, 11) is 1.16. The van der Waals surface area contributed by atoms with Gasteiger partial charge in [0.05, 0.1) is 13.0 Å². The first-order valence-corrected chi connectivity index (χ1v) is 8.14. The number of esters is 1. The molecular formula is C18H23NO5. The molecule has 1 aromatic carbocycles. The number of hydrogen-bond acceptors (Lipinski definition) is 4.